The van der Waals surface area contributed by atoms with E-state index in [1.54, 1.807) is 54.7 Å². The van der Waals surface area contributed by atoms with Crippen molar-refractivity contribution in [1.82, 2.24) is 4.98 Å². The highest BCUT2D eigenvalue weighted by Crippen LogP contribution is 2.28. The maximum absolute atomic E-state index is 12.2. The number of pyridine rings is 1. The van der Waals surface area contributed by atoms with Gasteiger partial charge in [-0.2, -0.15) is 0 Å². The van der Waals surface area contributed by atoms with Gasteiger partial charge in [-0.05, 0) is 54.6 Å². The van der Waals surface area contributed by atoms with Crippen LogP contribution in [0.15, 0.2) is 60.8 Å². The van der Waals surface area contributed by atoms with Gasteiger partial charge in [0.05, 0.1) is 10.7 Å². The zero-order valence-electron chi connectivity index (χ0n) is 13.9. The van der Waals surface area contributed by atoms with Crippen LogP contribution in [0.2, 0.25) is 10.0 Å². The van der Waals surface area contributed by atoms with Crippen molar-refractivity contribution in [3.8, 4) is 11.5 Å². The molecule has 1 heterocycles. The van der Waals surface area contributed by atoms with Crippen LogP contribution in [0.4, 0.5) is 17.2 Å². The van der Waals surface area contributed by atoms with Crippen LogP contribution in [0.5, 0.6) is 11.5 Å². The SMILES string of the molecule is O=C(COc1ccc(Cl)cc1Cl)Nc1cccnc1Nc1ccc(O)cc1. The zero-order chi connectivity index (χ0) is 19.2. The Morgan fingerprint density at radius 2 is 1.89 bits per heavy atom. The average molecular weight is 404 g/mol. The number of hydrogen-bond donors (Lipinski definition) is 3. The van der Waals surface area contributed by atoms with E-state index < -0.39 is 0 Å². The number of carbonyl (C=O) groups is 1. The fourth-order valence-electron chi connectivity index (χ4n) is 2.21. The van der Waals surface area contributed by atoms with Gasteiger partial charge in [-0.15, -0.1) is 0 Å². The maximum atomic E-state index is 12.2. The van der Waals surface area contributed by atoms with E-state index in [1.165, 1.54) is 6.07 Å². The van der Waals surface area contributed by atoms with E-state index in [-0.39, 0.29) is 18.3 Å². The molecule has 0 bridgehead atoms. The van der Waals surface area contributed by atoms with Crippen LogP contribution < -0.4 is 15.4 Å². The van der Waals surface area contributed by atoms with Crippen molar-refractivity contribution in [3.63, 3.8) is 0 Å². The van der Waals surface area contributed by atoms with Gasteiger partial charge in [0.1, 0.15) is 11.5 Å². The van der Waals surface area contributed by atoms with Gasteiger partial charge in [0.25, 0.3) is 5.91 Å². The first-order valence-electron chi connectivity index (χ1n) is 7.90. The third-order valence-electron chi connectivity index (χ3n) is 3.46. The van der Waals surface area contributed by atoms with Crippen LogP contribution in [-0.4, -0.2) is 22.6 Å². The molecule has 1 aromatic heterocycles. The quantitative estimate of drug-likeness (QED) is 0.512. The Hall–Kier alpha value is -2.96. The van der Waals surface area contributed by atoms with Gasteiger partial charge in [-0.3, -0.25) is 4.79 Å². The smallest absolute Gasteiger partial charge is 0.262 e. The number of carbonyl (C=O) groups excluding carboxylic acids is 1. The summed E-state index contributed by atoms with van der Waals surface area (Å²) in [5.41, 5.74) is 1.20. The van der Waals surface area contributed by atoms with E-state index in [1.807, 2.05) is 0 Å². The van der Waals surface area contributed by atoms with Crippen molar-refractivity contribution in [2.24, 2.45) is 0 Å². The molecule has 0 aliphatic carbocycles. The van der Waals surface area contributed by atoms with Gasteiger partial charge in [0.2, 0.25) is 0 Å². The van der Waals surface area contributed by atoms with Crippen LogP contribution in [0.1, 0.15) is 0 Å². The monoisotopic (exact) mass is 403 g/mol. The molecule has 1 amide bonds. The molecule has 0 aliphatic heterocycles. The second kappa shape index (κ2) is 8.62. The number of benzene rings is 2. The van der Waals surface area contributed by atoms with Gasteiger partial charge in [0, 0.05) is 16.9 Å². The van der Waals surface area contributed by atoms with Crippen LogP contribution in [0, 0.1) is 0 Å². The molecule has 0 atom stereocenters. The molecule has 6 nitrogen and oxygen atoms in total. The summed E-state index contributed by atoms with van der Waals surface area (Å²) < 4.78 is 5.43. The normalized spacial score (nSPS) is 10.3. The fourth-order valence-corrected chi connectivity index (χ4v) is 2.67. The number of nitrogens with one attached hydrogen (secondary N) is 2. The van der Waals surface area contributed by atoms with Gasteiger partial charge in [0.15, 0.2) is 12.4 Å². The van der Waals surface area contributed by atoms with Crippen LogP contribution >= 0.6 is 23.2 Å². The number of anilines is 3. The third-order valence-corrected chi connectivity index (χ3v) is 4.00. The van der Waals surface area contributed by atoms with Gasteiger partial charge in [-0.25, -0.2) is 4.98 Å². The molecule has 3 N–H and O–H groups in total. The first-order chi connectivity index (χ1) is 13.0. The van der Waals surface area contributed by atoms with E-state index >= 15 is 0 Å². The first-order valence-corrected chi connectivity index (χ1v) is 8.65. The lowest BCUT2D eigenvalue weighted by Gasteiger charge is -2.13. The summed E-state index contributed by atoms with van der Waals surface area (Å²) >= 11 is 11.9. The van der Waals surface area contributed by atoms with Crippen molar-refractivity contribution in [1.29, 1.82) is 0 Å². The summed E-state index contributed by atoms with van der Waals surface area (Å²) in [7, 11) is 0. The average Bonchev–Trinajstić information content (AvgIpc) is 2.64. The Balaban J connectivity index is 1.64. The predicted octanol–water partition coefficient (Wildman–Crippen LogP) is 4.86. The molecule has 0 aliphatic rings. The molecular formula is C19H15Cl2N3O3. The minimum Gasteiger partial charge on any atom is -0.508 e. The molecule has 0 fully saturated rings. The molecule has 0 unspecified atom stereocenters. The Labute approximate surface area is 165 Å². The summed E-state index contributed by atoms with van der Waals surface area (Å²) in [4.78, 5) is 16.4. The lowest BCUT2D eigenvalue weighted by atomic mass is 10.3. The van der Waals surface area contributed by atoms with Crippen LogP contribution in [0.3, 0.4) is 0 Å². The number of nitrogens with zero attached hydrogens (tertiary/aromatic N) is 1. The van der Waals surface area contributed by atoms with Crippen LogP contribution in [0.25, 0.3) is 0 Å². The fraction of sp³-hybridized carbons (Fsp3) is 0.0526. The summed E-state index contributed by atoms with van der Waals surface area (Å²) in [6, 6.07) is 14.7. The highest BCUT2D eigenvalue weighted by Gasteiger charge is 2.10. The lowest BCUT2D eigenvalue weighted by Crippen LogP contribution is -2.21. The predicted molar refractivity (Wildman–Crippen MR) is 106 cm³/mol. The number of aromatic hydroxyl groups is 1. The molecule has 0 saturated heterocycles. The largest absolute Gasteiger partial charge is 0.508 e. The molecule has 0 spiro atoms. The van der Waals surface area contributed by atoms with E-state index in [0.717, 1.165) is 0 Å². The van der Waals surface area contributed by atoms with E-state index in [9.17, 15) is 9.90 Å². The number of phenolic OH excluding ortho intramolecular Hbond substituents is 1. The molecule has 0 saturated carbocycles. The Morgan fingerprint density at radius 3 is 2.63 bits per heavy atom. The molecule has 138 valence electrons. The van der Waals surface area contributed by atoms with Gasteiger partial charge >= 0.3 is 0 Å². The minimum absolute atomic E-state index is 0.160. The van der Waals surface area contributed by atoms with Crippen molar-refractivity contribution in [2.75, 3.05) is 17.2 Å². The second-order valence-electron chi connectivity index (χ2n) is 5.48. The van der Waals surface area contributed by atoms with Gasteiger partial charge < -0.3 is 20.5 Å². The molecule has 3 rings (SSSR count). The van der Waals surface area contributed by atoms with E-state index in [4.69, 9.17) is 27.9 Å². The topological polar surface area (TPSA) is 83.5 Å². The summed E-state index contributed by atoms with van der Waals surface area (Å²) in [5, 5.41) is 16.0. The third kappa shape index (κ3) is 5.26. The molecule has 2 aromatic carbocycles. The number of amides is 1. The molecule has 3 aromatic rings. The summed E-state index contributed by atoms with van der Waals surface area (Å²) in [6.45, 7) is -0.227. The Bertz CT molecular complexity index is 949. The summed E-state index contributed by atoms with van der Waals surface area (Å²) in [6.07, 6.45) is 1.60. The Morgan fingerprint density at radius 1 is 1.11 bits per heavy atom. The van der Waals surface area contributed by atoms with Crippen molar-refractivity contribution in [2.45, 2.75) is 0 Å². The number of aromatic nitrogens is 1. The number of phenols is 1. The van der Waals surface area contributed by atoms with Crippen molar-refractivity contribution >= 4 is 46.3 Å². The lowest BCUT2D eigenvalue weighted by molar-refractivity contribution is -0.118. The molecule has 8 heteroatoms. The maximum Gasteiger partial charge on any atom is 0.262 e. The Kier molecular flexibility index (Phi) is 6.01. The van der Waals surface area contributed by atoms with E-state index in [0.29, 0.717) is 33.0 Å². The van der Waals surface area contributed by atoms with Crippen molar-refractivity contribution in [3.05, 3.63) is 70.8 Å². The number of rotatable bonds is 6. The zero-order valence-corrected chi connectivity index (χ0v) is 15.5. The number of hydrogen-bond acceptors (Lipinski definition) is 5. The van der Waals surface area contributed by atoms with Crippen LogP contribution in [-0.2, 0) is 4.79 Å². The summed E-state index contributed by atoms with van der Waals surface area (Å²) in [5.74, 6) is 0.613. The number of halogens is 2. The standard InChI is InChI=1S/C19H15Cl2N3O3/c20-12-3-8-17(15(21)10-12)27-11-18(26)24-16-2-1-9-22-19(16)23-13-4-6-14(25)7-5-13/h1-10,25H,11H2,(H,22,23)(H,24,26). The van der Waals surface area contributed by atoms with E-state index in [2.05, 4.69) is 15.6 Å². The van der Waals surface area contributed by atoms with Gasteiger partial charge in [-0.1, -0.05) is 23.2 Å². The minimum atomic E-state index is -0.372. The van der Waals surface area contributed by atoms with Crippen molar-refractivity contribution < 1.29 is 14.6 Å². The first kappa shape index (κ1) is 18.8. The molecule has 27 heavy (non-hydrogen) atoms. The molecular weight excluding hydrogens is 389 g/mol. The number of ether oxygens (including phenoxy) is 1. The highest BCUT2D eigenvalue weighted by atomic mass is 35.5. The molecule has 0 radical (unpaired) electrons. The second-order valence-corrected chi connectivity index (χ2v) is 6.33. The highest BCUT2D eigenvalue weighted by molar-refractivity contribution is 6.35.